The summed E-state index contributed by atoms with van der Waals surface area (Å²) in [6.45, 7) is 4.75. The smallest absolute Gasteiger partial charge is 0.340 e. The topological polar surface area (TPSA) is 144 Å². The predicted octanol–water partition coefficient (Wildman–Crippen LogP) is 1.39. The molecule has 0 spiro atoms. The van der Waals surface area contributed by atoms with Crippen molar-refractivity contribution in [2.75, 3.05) is 20.8 Å². The predicted molar refractivity (Wildman–Crippen MR) is 116 cm³/mol. The van der Waals surface area contributed by atoms with E-state index in [0.717, 1.165) is 0 Å². The minimum Gasteiger partial charge on any atom is -0.493 e. The number of rotatable bonds is 10. The number of benzene rings is 1. The highest BCUT2D eigenvalue weighted by Gasteiger charge is 2.27. The standard InChI is InChI=1S/C22H28N2O8/c1-6-11(2)18(21(28)23-10-17(26)27)24-16(25)9-14-12(3)13-7-8-15(30-4)20(31-5)19(13)32-22(14)29/h7-8,11,18H,6,9-10H2,1-5H3,(H,23,28)(H,24,25)(H,26,27)/t11-,18+/m1/s1. The molecule has 174 valence electrons. The Morgan fingerprint density at radius 3 is 2.44 bits per heavy atom. The molecule has 2 rings (SSSR count). The molecule has 0 aliphatic rings. The van der Waals surface area contributed by atoms with Crippen LogP contribution in [0.5, 0.6) is 11.5 Å². The monoisotopic (exact) mass is 448 g/mol. The molecule has 10 nitrogen and oxygen atoms in total. The van der Waals surface area contributed by atoms with Gasteiger partial charge in [0.1, 0.15) is 12.6 Å². The number of nitrogens with one attached hydrogen (secondary N) is 2. The van der Waals surface area contributed by atoms with E-state index < -0.39 is 36.0 Å². The van der Waals surface area contributed by atoms with Gasteiger partial charge in [0.05, 0.1) is 26.2 Å². The first kappa shape index (κ1) is 24.7. The molecule has 0 aliphatic carbocycles. The van der Waals surface area contributed by atoms with Crippen LogP contribution < -0.4 is 25.7 Å². The van der Waals surface area contributed by atoms with Crippen molar-refractivity contribution in [2.24, 2.45) is 5.92 Å². The van der Waals surface area contributed by atoms with E-state index in [4.69, 9.17) is 19.0 Å². The highest BCUT2D eigenvalue weighted by Crippen LogP contribution is 2.36. The summed E-state index contributed by atoms with van der Waals surface area (Å²) in [7, 11) is 2.89. The molecule has 0 fully saturated rings. The third-order valence-corrected chi connectivity index (χ3v) is 5.36. The number of carboxylic acids is 1. The number of carboxylic acid groups (broad SMARTS) is 1. The van der Waals surface area contributed by atoms with Gasteiger partial charge in [0.25, 0.3) is 0 Å². The number of fused-ring (bicyclic) bond motifs is 1. The fourth-order valence-corrected chi connectivity index (χ4v) is 3.33. The van der Waals surface area contributed by atoms with Gasteiger partial charge in [-0.15, -0.1) is 0 Å². The van der Waals surface area contributed by atoms with Crippen LogP contribution >= 0.6 is 0 Å². The van der Waals surface area contributed by atoms with E-state index in [9.17, 15) is 19.2 Å². The average molecular weight is 448 g/mol. The lowest BCUT2D eigenvalue weighted by Crippen LogP contribution is -2.51. The van der Waals surface area contributed by atoms with Gasteiger partial charge in [-0.3, -0.25) is 14.4 Å². The van der Waals surface area contributed by atoms with E-state index in [1.54, 1.807) is 26.0 Å². The fraction of sp³-hybridized carbons (Fsp3) is 0.455. The molecule has 3 N–H and O–H groups in total. The average Bonchev–Trinajstić information content (AvgIpc) is 2.77. The molecule has 0 aliphatic heterocycles. The van der Waals surface area contributed by atoms with Crippen LogP contribution in [0, 0.1) is 12.8 Å². The highest BCUT2D eigenvalue weighted by atomic mass is 16.5. The van der Waals surface area contributed by atoms with Crippen molar-refractivity contribution in [3.05, 3.63) is 33.7 Å². The highest BCUT2D eigenvalue weighted by molar-refractivity contribution is 5.92. The first-order chi connectivity index (χ1) is 15.1. The summed E-state index contributed by atoms with van der Waals surface area (Å²) >= 11 is 0. The van der Waals surface area contributed by atoms with Gasteiger partial charge in [0.2, 0.25) is 17.6 Å². The molecule has 1 heterocycles. The Hall–Kier alpha value is -3.56. The van der Waals surface area contributed by atoms with E-state index in [0.29, 0.717) is 23.1 Å². The molecule has 2 amide bonds. The SMILES string of the molecule is CC[C@@H](C)[C@H](NC(=O)Cc1c(C)c2ccc(OC)c(OC)c2oc1=O)C(=O)NCC(=O)O. The molecule has 0 saturated heterocycles. The van der Waals surface area contributed by atoms with Crippen molar-refractivity contribution in [3.8, 4) is 11.5 Å². The molecular weight excluding hydrogens is 420 g/mol. The lowest BCUT2D eigenvalue weighted by atomic mass is 9.97. The second kappa shape index (κ2) is 10.7. The Bertz CT molecular complexity index is 1080. The maximum Gasteiger partial charge on any atom is 0.340 e. The molecule has 0 saturated carbocycles. The molecule has 32 heavy (non-hydrogen) atoms. The molecule has 10 heteroatoms. The van der Waals surface area contributed by atoms with Crippen molar-refractivity contribution >= 4 is 28.8 Å². The summed E-state index contributed by atoms with van der Waals surface area (Å²) in [5.74, 6) is -1.93. The zero-order valence-corrected chi connectivity index (χ0v) is 18.7. The lowest BCUT2D eigenvalue weighted by molar-refractivity contribution is -0.138. The van der Waals surface area contributed by atoms with Crippen LogP contribution in [-0.2, 0) is 20.8 Å². The zero-order chi connectivity index (χ0) is 24.0. The largest absolute Gasteiger partial charge is 0.493 e. The molecule has 1 aromatic heterocycles. The number of aliphatic carboxylic acids is 1. The maximum absolute atomic E-state index is 12.7. The number of hydrogen-bond donors (Lipinski definition) is 3. The number of amides is 2. The molecular formula is C22H28N2O8. The van der Waals surface area contributed by atoms with Crippen molar-refractivity contribution in [3.63, 3.8) is 0 Å². The Kier molecular flexibility index (Phi) is 8.22. The van der Waals surface area contributed by atoms with Crippen molar-refractivity contribution in [1.29, 1.82) is 0 Å². The molecule has 1 aromatic carbocycles. The third kappa shape index (κ3) is 5.37. The van der Waals surface area contributed by atoms with Gasteiger partial charge in [-0.25, -0.2) is 4.79 Å². The first-order valence-corrected chi connectivity index (χ1v) is 10.1. The Morgan fingerprint density at radius 1 is 1.19 bits per heavy atom. The van der Waals surface area contributed by atoms with Crippen LogP contribution in [0.15, 0.2) is 21.3 Å². The molecule has 2 aromatic rings. The number of carbonyl (C=O) groups is 3. The van der Waals surface area contributed by atoms with Gasteiger partial charge < -0.3 is 29.6 Å². The van der Waals surface area contributed by atoms with Crippen molar-refractivity contribution < 1.29 is 33.4 Å². The van der Waals surface area contributed by atoms with Gasteiger partial charge in [0, 0.05) is 5.39 Å². The zero-order valence-electron chi connectivity index (χ0n) is 18.7. The summed E-state index contributed by atoms with van der Waals surface area (Å²) in [4.78, 5) is 48.5. The van der Waals surface area contributed by atoms with Crippen LogP contribution in [-0.4, -0.2) is 49.7 Å². The van der Waals surface area contributed by atoms with Crippen LogP contribution in [0.4, 0.5) is 0 Å². The van der Waals surface area contributed by atoms with E-state index in [-0.39, 0.29) is 29.2 Å². The van der Waals surface area contributed by atoms with E-state index in [2.05, 4.69) is 10.6 Å². The van der Waals surface area contributed by atoms with Crippen molar-refractivity contribution in [1.82, 2.24) is 10.6 Å². The maximum atomic E-state index is 12.7. The summed E-state index contributed by atoms with van der Waals surface area (Å²) in [5.41, 5.74) is 0.204. The quantitative estimate of drug-likeness (QED) is 0.463. The molecule has 0 bridgehead atoms. The first-order valence-electron chi connectivity index (χ1n) is 10.1. The van der Waals surface area contributed by atoms with Gasteiger partial charge in [0.15, 0.2) is 11.3 Å². The normalized spacial score (nSPS) is 12.7. The fourth-order valence-electron chi connectivity index (χ4n) is 3.33. The van der Waals surface area contributed by atoms with E-state index in [1.807, 2.05) is 6.92 Å². The number of hydrogen-bond acceptors (Lipinski definition) is 7. The Morgan fingerprint density at radius 2 is 1.88 bits per heavy atom. The minimum atomic E-state index is -1.19. The second-order valence-corrected chi connectivity index (χ2v) is 7.39. The van der Waals surface area contributed by atoms with Crippen molar-refractivity contribution in [2.45, 2.75) is 39.7 Å². The summed E-state index contributed by atoms with van der Waals surface area (Å²) in [6.07, 6.45) is 0.266. The summed E-state index contributed by atoms with van der Waals surface area (Å²) < 4.78 is 16.0. The number of ether oxygens (including phenoxy) is 2. The van der Waals surface area contributed by atoms with Gasteiger partial charge in [-0.2, -0.15) is 0 Å². The van der Waals surface area contributed by atoms with Gasteiger partial charge in [-0.1, -0.05) is 20.3 Å². The van der Waals surface area contributed by atoms with Crippen LogP contribution in [0.2, 0.25) is 0 Å². The van der Waals surface area contributed by atoms with Gasteiger partial charge >= 0.3 is 11.6 Å². The Labute approximate surface area is 184 Å². The van der Waals surface area contributed by atoms with E-state index in [1.165, 1.54) is 14.2 Å². The third-order valence-electron chi connectivity index (χ3n) is 5.36. The lowest BCUT2D eigenvalue weighted by Gasteiger charge is -2.23. The van der Waals surface area contributed by atoms with Crippen LogP contribution in [0.1, 0.15) is 31.4 Å². The Balaban J connectivity index is 2.33. The summed E-state index contributed by atoms with van der Waals surface area (Å²) in [6, 6.07) is 2.44. The minimum absolute atomic E-state index is 0.149. The van der Waals surface area contributed by atoms with Crippen LogP contribution in [0.3, 0.4) is 0 Å². The molecule has 0 radical (unpaired) electrons. The molecule has 2 atom stereocenters. The van der Waals surface area contributed by atoms with E-state index >= 15 is 0 Å². The second-order valence-electron chi connectivity index (χ2n) is 7.39. The summed E-state index contributed by atoms with van der Waals surface area (Å²) in [5, 5.41) is 14.2. The van der Waals surface area contributed by atoms with Crippen LogP contribution in [0.25, 0.3) is 11.0 Å². The van der Waals surface area contributed by atoms with Gasteiger partial charge in [-0.05, 0) is 30.5 Å². The number of carbonyl (C=O) groups excluding carboxylic acids is 2. The number of aryl methyl sites for hydroxylation is 1. The molecule has 0 unspecified atom stereocenters. The number of methoxy groups -OCH3 is 2.